The number of aliphatic hydroxyl groups excluding tert-OH is 1. The topological polar surface area (TPSA) is 46.9 Å². The summed E-state index contributed by atoms with van der Waals surface area (Å²) in [5, 5.41) is 13.7. The summed E-state index contributed by atoms with van der Waals surface area (Å²) in [6, 6.07) is 28.6. The van der Waals surface area contributed by atoms with E-state index in [1.165, 1.54) is 0 Å². The number of hydrogen-bond donors (Lipinski definition) is 1. The van der Waals surface area contributed by atoms with Crippen molar-refractivity contribution in [3.8, 4) is 11.5 Å². The van der Waals surface area contributed by atoms with Gasteiger partial charge >= 0.3 is 0 Å². The van der Waals surface area contributed by atoms with Gasteiger partial charge in [0, 0.05) is 55.6 Å². The molecule has 1 unspecified atom stereocenters. The lowest BCUT2D eigenvalue weighted by Crippen LogP contribution is -2.34. The molecule has 0 bridgehead atoms. The highest BCUT2D eigenvalue weighted by molar-refractivity contribution is 9.10. The van der Waals surface area contributed by atoms with Gasteiger partial charge in [0.1, 0.15) is 11.5 Å². The summed E-state index contributed by atoms with van der Waals surface area (Å²) in [6.07, 6.45) is -0.615. The number of aromatic nitrogens is 1. The van der Waals surface area contributed by atoms with Crippen molar-refractivity contribution in [2.24, 2.45) is 0 Å². The average Bonchev–Trinajstić information content (AvgIpc) is 3.20. The Hall–Kier alpha value is -3.00. The second-order valence-electron chi connectivity index (χ2n) is 9.02. The molecule has 0 fully saturated rings. The van der Waals surface area contributed by atoms with Gasteiger partial charge in [-0.3, -0.25) is 0 Å². The molecule has 1 N–H and O–H groups in total. The maximum absolute atomic E-state index is 11.4. The van der Waals surface area contributed by atoms with Crippen LogP contribution in [-0.2, 0) is 13.1 Å². The number of nitrogens with zero attached hydrogens (tertiary/aromatic N) is 2. The fraction of sp³-hybridized carbons (Fsp3) is 0.200. The average molecular weight is 624 g/mol. The number of anilines is 1. The molecule has 0 saturated carbocycles. The Bertz CT molecular complexity index is 1470. The molecule has 0 aliphatic heterocycles. The molecular weight excluding hydrogens is 596 g/mol. The molecule has 1 aromatic heterocycles. The van der Waals surface area contributed by atoms with E-state index in [0.29, 0.717) is 19.6 Å². The number of fused-ring (bicyclic) bond motifs is 3. The standard InChI is InChI=1S/C30H28Br2N2O3/c1-36-25-10-6-20(7-11-25)17-33(23-4-3-5-26(16-23)37-2)18-24(35)19-34-29-12-8-21(31)14-27(29)28-15-22(32)9-13-30(28)34/h3-16,24,35H,17-19H2,1-2H3. The third-order valence-corrected chi connectivity index (χ3v) is 7.55. The van der Waals surface area contributed by atoms with Crippen molar-refractivity contribution < 1.29 is 14.6 Å². The molecule has 0 aliphatic carbocycles. The van der Waals surface area contributed by atoms with E-state index in [9.17, 15) is 5.11 Å². The summed E-state index contributed by atoms with van der Waals surface area (Å²) >= 11 is 7.23. The lowest BCUT2D eigenvalue weighted by molar-refractivity contribution is 0.161. The van der Waals surface area contributed by atoms with E-state index >= 15 is 0 Å². The first kappa shape index (κ1) is 25.6. The van der Waals surface area contributed by atoms with E-state index in [2.05, 4.69) is 77.7 Å². The highest BCUT2D eigenvalue weighted by atomic mass is 79.9. The highest BCUT2D eigenvalue weighted by Crippen LogP contribution is 2.33. The van der Waals surface area contributed by atoms with E-state index in [1.54, 1.807) is 14.2 Å². The van der Waals surface area contributed by atoms with Gasteiger partial charge in [-0.25, -0.2) is 0 Å². The molecule has 5 aromatic rings. The first-order chi connectivity index (χ1) is 17.9. The quantitative estimate of drug-likeness (QED) is 0.186. The predicted octanol–water partition coefficient (Wildman–Crippen LogP) is 7.40. The van der Waals surface area contributed by atoms with E-state index in [0.717, 1.165) is 53.5 Å². The minimum absolute atomic E-state index is 0.452. The Morgan fingerprint density at radius 2 is 1.41 bits per heavy atom. The van der Waals surface area contributed by atoms with E-state index in [4.69, 9.17) is 9.47 Å². The predicted molar refractivity (Wildman–Crippen MR) is 158 cm³/mol. The zero-order valence-electron chi connectivity index (χ0n) is 20.7. The molecule has 37 heavy (non-hydrogen) atoms. The lowest BCUT2D eigenvalue weighted by atomic mass is 10.1. The van der Waals surface area contributed by atoms with Crippen LogP contribution in [0.4, 0.5) is 5.69 Å². The van der Waals surface area contributed by atoms with Gasteiger partial charge in [-0.05, 0) is 66.2 Å². The minimum Gasteiger partial charge on any atom is -0.497 e. The Morgan fingerprint density at radius 1 is 0.784 bits per heavy atom. The van der Waals surface area contributed by atoms with Crippen LogP contribution >= 0.6 is 31.9 Å². The maximum Gasteiger partial charge on any atom is 0.120 e. The Morgan fingerprint density at radius 3 is 2.00 bits per heavy atom. The molecule has 0 radical (unpaired) electrons. The van der Waals surface area contributed by atoms with Gasteiger partial charge in [0.2, 0.25) is 0 Å². The second kappa shape index (κ2) is 11.2. The molecule has 0 spiro atoms. The van der Waals surface area contributed by atoms with Gasteiger partial charge in [0.25, 0.3) is 0 Å². The SMILES string of the molecule is COc1ccc(CN(CC(O)Cn2c3ccc(Br)cc3c3cc(Br)ccc32)c2cccc(OC)c2)cc1. The monoisotopic (exact) mass is 622 g/mol. The van der Waals surface area contributed by atoms with Crippen molar-refractivity contribution in [3.05, 3.63) is 99.4 Å². The van der Waals surface area contributed by atoms with Crippen LogP contribution in [0.1, 0.15) is 5.56 Å². The van der Waals surface area contributed by atoms with Gasteiger partial charge in [-0.1, -0.05) is 50.1 Å². The fourth-order valence-electron chi connectivity index (χ4n) is 4.79. The highest BCUT2D eigenvalue weighted by Gasteiger charge is 2.18. The summed E-state index contributed by atoms with van der Waals surface area (Å²) in [5.41, 5.74) is 4.31. The summed E-state index contributed by atoms with van der Waals surface area (Å²) in [4.78, 5) is 2.19. The summed E-state index contributed by atoms with van der Waals surface area (Å²) in [7, 11) is 3.33. The first-order valence-corrected chi connectivity index (χ1v) is 13.6. The van der Waals surface area contributed by atoms with Crippen LogP contribution < -0.4 is 14.4 Å². The largest absolute Gasteiger partial charge is 0.497 e. The van der Waals surface area contributed by atoms with Crippen molar-refractivity contribution in [3.63, 3.8) is 0 Å². The molecule has 1 heterocycles. The third-order valence-electron chi connectivity index (χ3n) is 6.56. The number of methoxy groups -OCH3 is 2. The summed E-state index contributed by atoms with van der Waals surface area (Å²) in [5.74, 6) is 1.60. The van der Waals surface area contributed by atoms with Gasteiger partial charge in [0.05, 0.1) is 26.9 Å². The summed E-state index contributed by atoms with van der Waals surface area (Å²) in [6.45, 7) is 1.56. The Balaban J connectivity index is 1.47. The molecule has 5 rings (SSSR count). The van der Waals surface area contributed by atoms with Crippen LogP contribution in [0.15, 0.2) is 93.9 Å². The van der Waals surface area contributed by atoms with Gasteiger partial charge in [-0.2, -0.15) is 0 Å². The molecule has 0 aliphatic rings. The third kappa shape index (κ3) is 5.64. The second-order valence-corrected chi connectivity index (χ2v) is 10.8. The molecule has 5 nitrogen and oxygen atoms in total. The normalized spacial score (nSPS) is 12.1. The Kier molecular flexibility index (Phi) is 7.74. The van der Waals surface area contributed by atoms with Crippen molar-refractivity contribution in [1.82, 2.24) is 4.57 Å². The van der Waals surface area contributed by atoms with Crippen LogP contribution in [0.3, 0.4) is 0 Å². The lowest BCUT2D eigenvalue weighted by Gasteiger charge is -2.28. The van der Waals surface area contributed by atoms with Crippen LogP contribution in [0.2, 0.25) is 0 Å². The van der Waals surface area contributed by atoms with E-state index in [-0.39, 0.29) is 0 Å². The van der Waals surface area contributed by atoms with Gasteiger partial charge < -0.3 is 24.0 Å². The molecule has 4 aromatic carbocycles. The van der Waals surface area contributed by atoms with Gasteiger partial charge in [0.15, 0.2) is 0 Å². The number of halogens is 2. The molecule has 1 atom stereocenters. The van der Waals surface area contributed by atoms with Crippen molar-refractivity contribution >= 4 is 59.4 Å². The number of rotatable bonds is 9. The smallest absolute Gasteiger partial charge is 0.120 e. The van der Waals surface area contributed by atoms with E-state index in [1.807, 2.05) is 48.5 Å². The fourth-order valence-corrected chi connectivity index (χ4v) is 5.51. The minimum atomic E-state index is -0.615. The van der Waals surface area contributed by atoms with Crippen LogP contribution in [0.25, 0.3) is 21.8 Å². The maximum atomic E-state index is 11.4. The number of ether oxygens (including phenoxy) is 2. The zero-order valence-corrected chi connectivity index (χ0v) is 23.9. The zero-order chi connectivity index (χ0) is 25.9. The van der Waals surface area contributed by atoms with Crippen molar-refractivity contribution in [2.45, 2.75) is 19.2 Å². The summed E-state index contributed by atoms with van der Waals surface area (Å²) < 4.78 is 15.1. The molecular formula is C30H28Br2N2O3. The van der Waals surface area contributed by atoms with Crippen molar-refractivity contribution in [1.29, 1.82) is 0 Å². The molecule has 0 saturated heterocycles. The van der Waals surface area contributed by atoms with Crippen LogP contribution in [0, 0.1) is 0 Å². The number of aliphatic hydroxyl groups is 1. The van der Waals surface area contributed by atoms with Gasteiger partial charge in [-0.15, -0.1) is 0 Å². The van der Waals surface area contributed by atoms with Crippen LogP contribution in [0.5, 0.6) is 11.5 Å². The molecule has 7 heteroatoms. The van der Waals surface area contributed by atoms with E-state index < -0.39 is 6.10 Å². The molecule has 0 amide bonds. The molecule has 190 valence electrons. The Labute approximate surface area is 233 Å². The van der Waals surface area contributed by atoms with Crippen molar-refractivity contribution in [2.75, 3.05) is 25.7 Å². The number of benzene rings is 4. The number of hydrogen-bond acceptors (Lipinski definition) is 4. The van der Waals surface area contributed by atoms with Crippen LogP contribution in [-0.4, -0.2) is 36.5 Å². The first-order valence-electron chi connectivity index (χ1n) is 12.0.